The summed E-state index contributed by atoms with van der Waals surface area (Å²) >= 11 is 5.57. The second-order valence-corrected chi connectivity index (χ2v) is 25.5. The summed E-state index contributed by atoms with van der Waals surface area (Å²) in [6, 6.07) is 0. The monoisotopic (exact) mass is 574 g/mol. The van der Waals surface area contributed by atoms with Crippen molar-refractivity contribution in [3.63, 3.8) is 0 Å². The Labute approximate surface area is 169 Å². The third kappa shape index (κ3) is 14.6. The Hall–Kier alpha value is 2.32. The maximum atomic E-state index is 2.79. The Bertz CT molecular complexity index is 177. The highest BCUT2D eigenvalue weighted by Crippen LogP contribution is 2.68. The van der Waals surface area contributed by atoms with Gasteiger partial charge in [-0.05, 0) is 38.5 Å². The molecule has 0 unspecified atom stereocenters. The van der Waals surface area contributed by atoms with E-state index in [-0.39, 0.29) is 0 Å². The minimum atomic E-state index is -0.499. The van der Waals surface area contributed by atoms with E-state index in [9.17, 15) is 0 Å². The largest absolute Gasteiger partial charge is 0.154 e. The summed E-state index contributed by atoms with van der Waals surface area (Å²) in [5.74, 6) is 0. The van der Waals surface area contributed by atoms with Gasteiger partial charge in [0.2, 0.25) is 0 Å². The summed E-state index contributed by atoms with van der Waals surface area (Å²) in [5.41, 5.74) is 0. The molecule has 0 rings (SSSR count). The van der Waals surface area contributed by atoms with Crippen LogP contribution in [0.4, 0.5) is 0 Å². The van der Waals surface area contributed by atoms with E-state index in [4.69, 9.17) is 0 Å². The molecule has 0 bridgehead atoms. The molecule has 0 aromatic rings. The molecule has 0 aliphatic rings. The van der Waals surface area contributed by atoms with E-state index in [0.29, 0.717) is 0 Å². The fourth-order valence-corrected chi connectivity index (χ4v) is 17.9. The summed E-state index contributed by atoms with van der Waals surface area (Å²) in [7, 11) is 0. The fourth-order valence-electron chi connectivity index (χ4n) is 3.08. The van der Waals surface area contributed by atoms with E-state index in [0.717, 1.165) is 0 Å². The zero-order valence-corrected chi connectivity index (χ0v) is 22.2. The molecule has 136 valence electrons. The van der Waals surface area contributed by atoms with Gasteiger partial charge < -0.3 is 0 Å². The van der Waals surface area contributed by atoms with Gasteiger partial charge in [0.15, 0.2) is 44.1 Å². The SMILES string of the molecule is CCC[P+](I)(CCC)CCC.CCC[P+](I)(CCC)CCC. The van der Waals surface area contributed by atoms with E-state index in [1.807, 2.05) is 0 Å². The number of halogens is 2. The van der Waals surface area contributed by atoms with Crippen molar-refractivity contribution in [2.75, 3.05) is 37.0 Å². The van der Waals surface area contributed by atoms with Gasteiger partial charge in [0.1, 0.15) is 0 Å². The van der Waals surface area contributed by atoms with Crippen LogP contribution < -0.4 is 0 Å². The maximum absolute atomic E-state index is 2.79. The fraction of sp³-hybridized carbons (Fsp3) is 1.00. The standard InChI is InChI=1S/2C9H21IP/c2*1-4-7-11(10,8-5-2)9-6-3/h2*4-9H2,1-3H3/q2*+1. The van der Waals surface area contributed by atoms with Crippen LogP contribution in [-0.2, 0) is 0 Å². The molecular formula is C18H42I2P2+2. The van der Waals surface area contributed by atoms with Crippen molar-refractivity contribution < 1.29 is 0 Å². The van der Waals surface area contributed by atoms with Crippen molar-refractivity contribution in [1.29, 1.82) is 0 Å². The lowest BCUT2D eigenvalue weighted by atomic mass is 10.6. The maximum Gasteiger partial charge on any atom is 0.154 e. The first-order chi connectivity index (χ1) is 10.4. The van der Waals surface area contributed by atoms with Crippen molar-refractivity contribution in [2.24, 2.45) is 0 Å². The number of hydrogen-bond acceptors (Lipinski definition) is 0. The molecule has 0 saturated carbocycles. The van der Waals surface area contributed by atoms with Crippen molar-refractivity contribution in [1.82, 2.24) is 0 Å². The molecule has 4 heteroatoms. The third-order valence-corrected chi connectivity index (χ3v) is 19.9. The molecule has 0 saturated heterocycles. The van der Waals surface area contributed by atoms with Gasteiger partial charge in [-0.1, -0.05) is 41.5 Å². The molecule has 0 aliphatic carbocycles. The van der Waals surface area contributed by atoms with E-state index in [1.165, 1.54) is 75.5 Å². The van der Waals surface area contributed by atoms with Crippen molar-refractivity contribution >= 4 is 53.9 Å². The smallest absolute Gasteiger partial charge is 0.0619 e. The summed E-state index contributed by atoms with van der Waals surface area (Å²) in [4.78, 5) is -0.999. The lowest BCUT2D eigenvalue weighted by Gasteiger charge is -2.17. The molecule has 0 radical (unpaired) electrons. The van der Waals surface area contributed by atoms with Gasteiger partial charge in [-0.15, -0.1) is 0 Å². The van der Waals surface area contributed by atoms with Crippen molar-refractivity contribution in [3.8, 4) is 0 Å². The van der Waals surface area contributed by atoms with E-state index < -0.39 is 9.81 Å². The second kappa shape index (κ2) is 16.8. The van der Waals surface area contributed by atoms with Gasteiger partial charge >= 0.3 is 0 Å². The number of rotatable bonds is 12. The van der Waals surface area contributed by atoms with Crippen molar-refractivity contribution in [2.45, 2.75) is 80.1 Å². The molecule has 0 heterocycles. The molecule has 0 fully saturated rings. The quantitative estimate of drug-likeness (QED) is 0.161. The second-order valence-electron chi connectivity index (χ2n) is 6.40. The average Bonchev–Trinajstić information content (AvgIpc) is 2.40. The van der Waals surface area contributed by atoms with Gasteiger partial charge in [0.25, 0.3) is 0 Å². The van der Waals surface area contributed by atoms with Gasteiger partial charge in [0.05, 0.1) is 46.8 Å². The predicted octanol–water partition coefficient (Wildman–Crippen LogP) is 9.17. The van der Waals surface area contributed by atoms with Crippen LogP contribution in [0.2, 0.25) is 0 Å². The van der Waals surface area contributed by atoms with E-state index in [2.05, 4.69) is 85.6 Å². The van der Waals surface area contributed by atoms with Crippen LogP contribution in [0, 0.1) is 0 Å². The van der Waals surface area contributed by atoms with E-state index in [1.54, 1.807) is 0 Å². The topological polar surface area (TPSA) is 0 Å². The molecule has 0 aromatic heterocycles. The molecule has 0 atom stereocenters. The number of hydrogen-bond donors (Lipinski definition) is 0. The average molecular weight is 574 g/mol. The highest BCUT2D eigenvalue weighted by Gasteiger charge is 2.31. The predicted molar refractivity (Wildman–Crippen MR) is 133 cm³/mol. The molecule has 0 amide bonds. The van der Waals surface area contributed by atoms with Gasteiger partial charge in [-0.25, -0.2) is 0 Å². The third-order valence-electron chi connectivity index (χ3n) is 3.75. The summed E-state index contributed by atoms with van der Waals surface area (Å²) in [6.45, 7) is 13.9. The molecule has 22 heavy (non-hydrogen) atoms. The summed E-state index contributed by atoms with van der Waals surface area (Å²) in [5, 5.41) is 0. The van der Waals surface area contributed by atoms with Gasteiger partial charge in [-0.3, -0.25) is 0 Å². The van der Waals surface area contributed by atoms with E-state index >= 15 is 0 Å². The Morgan fingerprint density at radius 2 is 0.545 bits per heavy atom. The molecule has 0 aromatic carbocycles. The Balaban J connectivity index is 0. The van der Waals surface area contributed by atoms with Crippen LogP contribution in [0.25, 0.3) is 0 Å². The van der Waals surface area contributed by atoms with Crippen LogP contribution in [0.15, 0.2) is 0 Å². The Morgan fingerprint density at radius 3 is 0.636 bits per heavy atom. The van der Waals surface area contributed by atoms with Crippen LogP contribution in [0.5, 0.6) is 0 Å². The summed E-state index contributed by atoms with van der Waals surface area (Å²) in [6.07, 6.45) is 17.4. The first-order valence-corrected chi connectivity index (χ1v) is 19.7. The Morgan fingerprint density at radius 1 is 0.409 bits per heavy atom. The normalized spacial score (nSPS) is 12.0. The van der Waals surface area contributed by atoms with Gasteiger partial charge in [-0.2, -0.15) is 0 Å². The summed E-state index contributed by atoms with van der Waals surface area (Å²) < 4.78 is 0. The molecule has 0 nitrogen and oxygen atoms in total. The van der Waals surface area contributed by atoms with Gasteiger partial charge in [0, 0.05) is 0 Å². The molecule has 0 N–H and O–H groups in total. The zero-order chi connectivity index (χ0) is 17.5. The highest BCUT2D eigenvalue weighted by atomic mass is 127. The molecular weight excluding hydrogens is 532 g/mol. The zero-order valence-electron chi connectivity index (χ0n) is 16.1. The minimum absolute atomic E-state index is 0.499. The Kier molecular flexibility index (Phi) is 20.2. The van der Waals surface area contributed by atoms with Crippen LogP contribution in [0.1, 0.15) is 80.1 Å². The van der Waals surface area contributed by atoms with Crippen LogP contribution in [0.3, 0.4) is 0 Å². The molecule has 0 aliphatic heterocycles. The minimum Gasteiger partial charge on any atom is -0.0619 e. The van der Waals surface area contributed by atoms with Crippen molar-refractivity contribution in [3.05, 3.63) is 0 Å². The first kappa shape index (κ1) is 26.5. The van der Waals surface area contributed by atoms with Crippen LogP contribution >= 0.6 is 53.9 Å². The molecule has 0 spiro atoms. The lowest BCUT2D eigenvalue weighted by Crippen LogP contribution is -2.00. The first-order valence-electron chi connectivity index (χ1n) is 9.48. The lowest BCUT2D eigenvalue weighted by molar-refractivity contribution is 1.01. The highest BCUT2D eigenvalue weighted by molar-refractivity contribution is 14.2. The van der Waals surface area contributed by atoms with Crippen LogP contribution in [-0.4, -0.2) is 37.0 Å².